The number of nitrogens with zero attached hydrogens (tertiary/aromatic N) is 1. The largest absolute Gasteiger partial charge is 0.278 e. The molecule has 2 heteroatoms. The lowest BCUT2D eigenvalue weighted by Crippen LogP contribution is -2.32. The van der Waals surface area contributed by atoms with E-state index in [0.717, 1.165) is 5.35 Å². The summed E-state index contributed by atoms with van der Waals surface area (Å²) in [7, 11) is 0. The second kappa shape index (κ2) is 3.86. The molecular formula is C15H22N2. The molecule has 1 aromatic heterocycles. The summed E-state index contributed by atoms with van der Waals surface area (Å²) < 4.78 is 0. The van der Waals surface area contributed by atoms with E-state index in [1.165, 1.54) is 5.22 Å². The molecule has 0 fully saturated rings. The van der Waals surface area contributed by atoms with E-state index < -0.39 is 0 Å². The Morgan fingerprint density at radius 2 is 1.82 bits per heavy atom. The highest BCUT2D eigenvalue weighted by molar-refractivity contribution is 5.44. The summed E-state index contributed by atoms with van der Waals surface area (Å²) in [6.45, 7) is 11.3. The first-order valence-corrected chi connectivity index (χ1v) is 6.28. The van der Waals surface area contributed by atoms with E-state index in [4.69, 9.17) is 0 Å². The van der Waals surface area contributed by atoms with Crippen LogP contribution in [0.2, 0.25) is 0 Å². The van der Waals surface area contributed by atoms with Crippen LogP contribution in [-0.2, 0) is 0 Å². The van der Waals surface area contributed by atoms with Gasteiger partial charge in [0.25, 0.3) is 0 Å². The van der Waals surface area contributed by atoms with Gasteiger partial charge in [-0.15, -0.1) is 0 Å². The topological polar surface area (TPSA) is 28.7 Å². The van der Waals surface area contributed by atoms with Crippen molar-refractivity contribution in [1.29, 1.82) is 0 Å². The lowest BCUT2D eigenvalue weighted by atomic mass is 9.75. The fraction of sp³-hybridized carbons (Fsp3) is 0.533. The van der Waals surface area contributed by atoms with Gasteiger partial charge in [0.05, 0.1) is 11.5 Å². The van der Waals surface area contributed by atoms with Gasteiger partial charge in [-0.1, -0.05) is 52.8 Å². The molecular weight excluding hydrogens is 208 g/mol. The van der Waals surface area contributed by atoms with Gasteiger partial charge in [-0.3, -0.25) is 5.10 Å². The first-order valence-electron chi connectivity index (χ1n) is 6.28. The number of rotatable bonds is 1. The highest BCUT2D eigenvalue weighted by atomic mass is 15.1. The normalized spacial score (nSPS) is 32.6. The van der Waals surface area contributed by atoms with Crippen molar-refractivity contribution in [2.24, 2.45) is 16.7 Å². The van der Waals surface area contributed by atoms with Crippen LogP contribution in [0, 0.1) is 16.7 Å². The number of allylic oxidation sites excluding steroid dienone is 2. The van der Waals surface area contributed by atoms with E-state index in [9.17, 15) is 0 Å². The number of aromatic amines is 1. The first-order chi connectivity index (χ1) is 7.82. The summed E-state index contributed by atoms with van der Waals surface area (Å²) >= 11 is 0. The zero-order chi connectivity index (χ0) is 12.7. The van der Waals surface area contributed by atoms with Crippen LogP contribution in [0.3, 0.4) is 0 Å². The molecule has 1 atom stereocenters. The molecule has 2 nitrogen and oxygen atoms in total. The molecule has 0 spiro atoms. The number of nitrogens with one attached hydrogen (secondary N) is 1. The molecule has 1 aromatic rings. The maximum Gasteiger partial charge on any atom is 0.0616 e. The Morgan fingerprint density at radius 3 is 2.47 bits per heavy atom. The summed E-state index contributed by atoms with van der Waals surface area (Å²) in [5.41, 5.74) is 0.149. The van der Waals surface area contributed by atoms with Crippen LogP contribution in [0.15, 0.2) is 18.3 Å². The minimum absolute atomic E-state index is 0.0725. The van der Waals surface area contributed by atoms with Crippen molar-refractivity contribution in [2.75, 3.05) is 0 Å². The zero-order valence-electron chi connectivity index (χ0n) is 11.4. The van der Waals surface area contributed by atoms with E-state index in [-0.39, 0.29) is 10.8 Å². The fourth-order valence-corrected chi connectivity index (χ4v) is 2.10. The van der Waals surface area contributed by atoms with Crippen molar-refractivity contribution in [3.63, 3.8) is 0 Å². The number of fused-ring (bicyclic) bond motifs is 1. The molecule has 0 aliphatic heterocycles. The van der Waals surface area contributed by atoms with E-state index >= 15 is 0 Å². The monoisotopic (exact) mass is 230 g/mol. The lowest BCUT2D eigenvalue weighted by molar-refractivity contribution is 0.404. The number of aromatic nitrogens is 2. The SMILES string of the molecule is CC(C)C1(C)/C=C\C(C)(C)/C=c2/cn[nH]/c2=C/1. The van der Waals surface area contributed by atoms with Gasteiger partial charge in [0.2, 0.25) is 0 Å². The van der Waals surface area contributed by atoms with Crippen molar-refractivity contribution in [3.05, 3.63) is 28.9 Å². The Balaban J connectivity index is 2.74. The van der Waals surface area contributed by atoms with Crippen molar-refractivity contribution in [1.82, 2.24) is 10.2 Å². The standard InChI is InChI=1S/C15H22N2/c1-11(2)15(5)7-6-14(3,4)8-12-10-16-17-13(12)9-15/h6-11,17H,1-5H3/b7-6-,12-8-,13-9+. The van der Waals surface area contributed by atoms with Gasteiger partial charge in [-0.2, -0.15) is 5.10 Å². The van der Waals surface area contributed by atoms with Crippen molar-refractivity contribution in [2.45, 2.75) is 34.6 Å². The van der Waals surface area contributed by atoms with Gasteiger partial charge in [0.1, 0.15) is 0 Å². The number of hydrogen-bond donors (Lipinski definition) is 1. The molecule has 1 N–H and O–H groups in total. The first kappa shape index (κ1) is 12.2. The van der Waals surface area contributed by atoms with Gasteiger partial charge >= 0.3 is 0 Å². The maximum atomic E-state index is 4.16. The smallest absolute Gasteiger partial charge is 0.0616 e. The van der Waals surface area contributed by atoms with Crippen molar-refractivity contribution < 1.29 is 0 Å². The molecule has 1 unspecified atom stereocenters. The number of hydrogen-bond acceptors (Lipinski definition) is 1. The Labute approximate surface area is 103 Å². The third-order valence-corrected chi connectivity index (χ3v) is 3.80. The summed E-state index contributed by atoms with van der Waals surface area (Å²) in [6.07, 6.45) is 11.1. The molecule has 1 aliphatic rings. The second-order valence-electron chi connectivity index (χ2n) is 6.20. The van der Waals surface area contributed by atoms with Gasteiger partial charge in [-0.25, -0.2) is 0 Å². The van der Waals surface area contributed by atoms with Gasteiger partial charge in [0, 0.05) is 16.0 Å². The van der Waals surface area contributed by atoms with Gasteiger partial charge in [-0.05, 0) is 12.0 Å². The van der Waals surface area contributed by atoms with Crippen molar-refractivity contribution >= 4 is 12.2 Å². The summed E-state index contributed by atoms with van der Waals surface area (Å²) in [5.74, 6) is 0.559. The van der Waals surface area contributed by atoms with E-state index in [2.05, 4.69) is 69.1 Å². The Hall–Kier alpha value is -1.31. The average Bonchev–Trinajstić information content (AvgIpc) is 2.60. The molecule has 2 rings (SSSR count). The summed E-state index contributed by atoms with van der Waals surface area (Å²) in [5, 5.41) is 9.60. The van der Waals surface area contributed by atoms with Crippen LogP contribution in [0.25, 0.3) is 12.2 Å². The molecule has 0 aromatic carbocycles. The van der Waals surface area contributed by atoms with Crippen LogP contribution >= 0.6 is 0 Å². The third kappa shape index (κ3) is 2.36. The van der Waals surface area contributed by atoms with E-state index in [1.807, 2.05) is 6.20 Å². The molecule has 0 saturated carbocycles. The zero-order valence-corrected chi connectivity index (χ0v) is 11.4. The molecule has 1 aliphatic carbocycles. The predicted molar refractivity (Wildman–Crippen MR) is 72.6 cm³/mol. The molecule has 0 amide bonds. The van der Waals surface area contributed by atoms with Crippen LogP contribution < -0.4 is 10.6 Å². The van der Waals surface area contributed by atoms with Crippen molar-refractivity contribution in [3.8, 4) is 0 Å². The van der Waals surface area contributed by atoms with Crippen LogP contribution in [0.5, 0.6) is 0 Å². The maximum absolute atomic E-state index is 4.16. The highest BCUT2D eigenvalue weighted by Crippen LogP contribution is 2.33. The predicted octanol–water partition coefficient (Wildman–Crippen LogP) is 2.23. The Kier molecular flexibility index (Phi) is 2.76. The summed E-state index contributed by atoms with van der Waals surface area (Å²) in [6, 6.07) is 0. The average molecular weight is 230 g/mol. The lowest BCUT2D eigenvalue weighted by Gasteiger charge is -2.29. The van der Waals surface area contributed by atoms with Crippen LogP contribution in [0.1, 0.15) is 34.6 Å². The molecule has 1 heterocycles. The molecule has 92 valence electrons. The van der Waals surface area contributed by atoms with Crippen LogP contribution in [0.4, 0.5) is 0 Å². The molecule has 17 heavy (non-hydrogen) atoms. The quantitative estimate of drug-likeness (QED) is 0.736. The van der Waals surface area contributed by atoms with E-state index in [1.54, 1.807) is 0 Å². The minimum Gasteiger partial charge on any atom is -0.278 e. The molecule has 0 bridgehead atoms. The minimum atomic E-state index is 0.0725. The second-order valence-corrected chi connectivity index (χ2v) is 6.20. The van der Waals surface area contributed by atoms with E-state index in [0.29, 0.717) is 5.92 Å². The highest BCUT2D eigenvalue weighted by Gasteiger charge is 2.25. The number of H-pyrrole nitrogens is 1. The Morgan fingerprint density at radius 1 is 1.12 bits per heavy atom. The molecule has 0 saturated heterocycles. The van der Waals surface area contributed by atoms with Crippen LogP contribution in [-0.4, -0.2) is 10.2 Å². The molecule has 0 radical (unpaired) electrons. The van der Waals surface area contributed by atoms with Gasteiger partial charge in [0.15, 0.2) is 0 Å². The third-order valence-electron chi connectivity index (χ3n) is 3.80. The fourth-order valence-electron chi connectivity index (χ4n) is 2.10. The van der Waals surface area contributed by atoms with Gasteiger partial charge < -0.3 is 0 Å². The Bertz CT molecular complexity index is 546. The summed E-state index contributed by atoms with van der Waals surface area (Å²) in [4.78, 5) is 0.